The highest BCUT2D eigenvalue weighted by molar-refractivity contribution is 5.91. The number of ether oxygens (including phenoxy) is 1. The molecular formula is C19H31N3O3. The van der Waals surface area contributed by atoms with E-state index in [1.165, 1.54) is 12.2 Å². The Morgan fingerprint density at radius 1 is 1.16 bits per heavy atom. The number of nitrogens with zero attached hydrogens (tertiary/aromatic N) is 3. The van der Waals surface area contributed by atoms with Gasteiger partial charge in [-0.2, -0.15) is 0 Å². The minimum atomic E-state index is -0.167. The van der Waals surface area contributed by atoms with E-state index in [9.17, 15) is 9.59 Å². The number of piperidine rings is 1. The monoisotopic (exact) mass is 349 g/mol. The van der Waals surface area contributed by atoms with Crippen LogP contribution in [-0.2, 0) is 14.3 Å². The highest BCUT2D eigenvalue weighted by Crippen LogP contribution is 2.17. The minimum absolute atomic E-state index is 0.0217. The molecule has 0 aromatic carbocycles. The number of rotatable bonds is 6. The molecule has 0 atom stereocenters. The first-order valence-corrected chi connectivity index (χ1v) is 9.26. The molecule has 2 rings (SSSR count). The molecular weight excluding hydrogens is 318 g/mol. The van der Waals surface area contributed by atoms with Crippen molar-refractivity contribution in [2.75, 3.05) is 39.9 Å². The normalized spacial score (nSPS) is 20.2. The lowest BCUT2D eigenvalue weighted by molar-refractivity contribution is -0.127. The van der Waals surface area contributed by atoms with Crippen molar-refractivity contribution in [2.24, 2.45) is 0 Å². The Hall–Kier alpha value is -1.66. The fourth-order valence-corrected chi connectivity index (χ4v) is 3.48. The first-order valence-electron chi connectivity index (χ1n) is 9.26. The summed E-state index contributed by atoms with van der Waals surface area (Å²) in [6, 6.07) is 0.631. The van der Waals surface area contributed by atoms with E-state index in [0.29, 0.717) is 19.3 Å². The van der Waals surface area contributed by atoms with Gasteiger partial charge in [-0.1, -0.05) is 13.5 Å². The van der Waals surface area contributed by atoms with Crippen LogP contribution < -0.4 is 0 Å². The Morgan fingerprint density at radius 3 is 2.36 bits per heavy atom. The summed E-state index contributed by atoms with van der Waals surface area (Å²) in [5.74, 6) is -0.189. The maximum Gasteiger partial charge on any atom is 0.250 e. The van der Waals surface area contributed by atoms with E-state index in [-0.39, 0.29) is 17.9 Å². The van der Waals surface area contributed by atoms with Crippen LogP contribution in [0.2, 0.25) is 0 Å². The molecule has 25 heavy (non-hydrogen) atoms. The lowest BCUT2D eigenvalue weighted by Crippen LogP contribution is -2.45. The summed E-state index contributed by atoms with van der Waals surface area (Å²) in [7, 11) is 2.13. The van der Waals surface area contributed by atoms with Gasteiger partial charge >= 0.3 is 0 Å². The molecule has 0 N–H and O–H groups in total. The van der Waals surface area contributed by atoms with Crippen LogP contribution in [0.1, 0.15) is 32.6 Å². The predicted octanol–water partition coefficient (Wildman–Crippen LogP) is 1.64. The fraction of sp³-hybridized carbons (Fsp3) is 0.684. The van der Waals surface area contributed by atoms with Crippen molar-refractivity contribution in [2.45, 2.75) is 44.7 Å². The average Bonchev–Trinajstić information content (AvgIpc) is 2.68. The lowest BCUT2D eigenvalue weighted by Gasteiger charge is -2.36. The number of likely N-dealkylation sites (tertiary alicyclic amines) is 1. The van der Waals surface area contributed by atoms with Gasteiger partial charge in [0.2, 0.25) is 11.8 Å². The van der Waals surface area contributed by atoms with Crippen molar-refractivity contribution in [3.05, 3.63) is 24.9 Å². The first kappa shape index (κ1) is 19.7. The van der Waals surface area contributed by atoms with E-state index in [1.807, 2.05) is 4.90 Å². The van der Waals surface area contributed by atoms with Gasteiger partial charge < -0.3 is 19.4 Å². The van der Waals surface area contributed by atoms with Crippen molar-refractivity contribution in [1.29, 1.82) is 0 Å². The van der Waals surface area contributed by atoms with Crippen LogP contribution in [0.4, 0.5) is 0 Å². The van der Waals surface area contributed by atoms with Crippen molar-refractivity contribution in [3.8, 4) is 0 Å². The SMILES string of the molecule is C=CC(=O)N(/C=C/C(=O)N1CCC(N(C)CC)CC1)C1CCOCC1. The molecule has 0 unspecified atom stereocenters. The van der Waals surface area contributed by atoms with Crippen LogP contribution in [-0.4, -0.2) is 78.5 Å². The van der Waals surface area contributed by atoms with Gasteiger partial charge in [-0.05, 0) is 45.4 Å². The average molecular weight is 349 g/mol. The highest BCUT2D eigenvalue weighted by Gasteiger charge is 2.25. The standard InChI is InChI=1S/C19H31N3O3/c1-4-18(23)22(17-9-14-25-15-10-17)13-8-19(24)21-11-6-16(7-12-21)20(3)5-2/h4,8,13,16-17H,1,5-7,9-12,14-15H2,2-3H3/b13-8+. The number of hydrogen-bond donors (Lipinski definition) is 0. The van der Waals surface area contributed by atoms with Gasteiger partial charge in [0, 0.05) is 50.7 Å². The molecule has 0 saturated carbocycles. The maximum absolute atomic E-state index is 12.5. The van der Waals surface area contributed by atoms with Gasteiger partial charge in [-0.3, -0.25) is 9.59 Å². The Balaban J connectivity index is 1.92. The molecule has 0 spiro atoms. The van der Waals surface area contributed by atoms with Crippen LogP contribution in [0, 0.1) is 0 Å². The maximum atomic E-state index is 12.5. The minimum Gasteiger partial charge on any atom is -0.381 e. The third-order valence-corrected chi connectivity index (χ3v) is 5.29. The quantitative estimate of drug-likeness (QED) is 0.684. The second-order valence-corrected chi connectivity index (χ2v) is 6.74. The summed E-state index contributed by atoms with van der Waals surface area (Å²) in [6.07, 6.45) is 8.03. The number of carbonyl (C=O) groups is 2. The molecule has 2 heterocycles. The van der Waals surface area contributed by atoms with E-state index in [2.05, 4.69) is 25.5 Å². The molecule has 2 saturated heterocycles. The van der Waals surface area contributed by atoms with Gasteiger partial charge in [0.25, 0.3) is 0 Å². The summed E-state index contributed by atoms with van der Waals surface area (Å²) in [6.45, 7) is 9.58. The molecule has 0 aromatic rings. The van der Waals surface area contributed by atoms with Crippen molar-refractivity contribution < 1.29 is 14.3 Å². The molecule has 2 aliphatic rings. The molecule has 0 bridgehead atoms. The Bertz CT molecular complexity index is 492. The Kier molecular flexibility index (Phi) is 7.65. The summed E-state index contributed by atoms with van der Waals surface area (Å²) in [5, 5.41) is 0. The zero-order valence-corrected chi connectivity index (χ0v) is 15.5. The van der Waals surface area contributed by atoms with Crippen LogP contribution in [0.15, 0.2) is 24.9 Å². The fourth-order valence-electron chi connectivity index (χ4n) is 3.48. The molecule has 2 amide bonds. The third kappa shape index (κ3) is 5.41. The van der Waals surface area contributed by atoms with Gasteiger partial charge in [0.05, 0.1) is 0 Å². The second-order valence-electron chi connectivity index (χ2n) is 6.74. The van der Waals surface area contributed by atoms with Crippen molar-refractivity contribution >= 4 is 11.8 Å². The van der Waals surface area contributed by atoms with Crippen LogP contribution in [0.3, 0.4) is 0 Å². The summed E-state index contributed by atoms with van der Waals surface area (Å²) in [4.78, 5) is 30.5. The number of amides is 2. The van der Waals surface area contributed by atoms with E-state index in [1.54, 1.807) is 11.1 Å². The number of carbonyl (C=O) groups excluding carboxylic acids is 2. The van der Waals surface area contributed by atoms with Gasteiger partial charge in [0.1, 0.15) is 0 Å². The summed E-state index contributed by atoms with van der Waals surface area (Å²) >= 11 is 0. The highest BCUT2D eigenvalue weighted by atomic mass is 16.5. The molecule has 6 heteroatoms. The van der Waals surface area contributed by atoms with E-state index >= 15 is 0 Å². The van der Waals surface area contributed by atoms with Gasteiger partial charge in [0.15, 0.2) is 0 Å². The molecule has 6 nitrogen and oxygen atoms in total. The largest absolute Gasteiger partial charge is 0.381 e. The molecule has 0 radical (unpaired) electrons. The van der Waals surface area contributed by atoms with Crippen molar-refractivity contribution in [3.63, 3.8) is 0 Å². The van der Waals surface area contributed by atoms with E-state index in [0.717, 1.165) is 45.3 Å². The van der Waals surface area contributed by atoms with Crippen LogP contribution in [0.5, 0.6) is 0 Å². The summed E-state index contributed by atoms with van der Waals surface area (Å²) < 4.78 is 5.36. The summed E-state index contributed by atoms with van der Waals surface area (Å²) in [5.41, 5.74) is 0. The predicted molar refractivity (Wildman–Crippen MR) is 97.9 cm³/mol. The zero-order valence-electron chi connectivity index (χ0n) is 15.5. The molecule has 0 aliphatic carbocycles. The molecule has 140 valence electrons. The number of hydrogen-bond acceptors (Lipinski definition) is 4. The lowest BCUT2D eigenvalue weighted by atomic mass is 10.0. The first-order chi connectivity index (χ1) is 12.1. The topological polar surface area (TPSA) is 53.1 Å². The molecule has 2 aliphatic heterocycles. The van der Waals surface area contributed by atoms with E-state index in [4.69, 9.17) is 4.74 Å². The Morgan fingerprint density at radius 2 is 1.80 bits per heavy atom. The molecule has 2 fully saturated rings. The smallest absolute Gasteiger partial charge is 0.250 e. The zero-order chi connectivity index (χ0) is 18.2. The molecule has 0 aromatic heterocycles. The van der Waals surface area contributed by atoms with Crippen molar-refractivity contribution in [1.82, 2.24) is 14.7 Å². The Labute approximate surface area is 151 Å². The third-order valence-electron chi connectivity index (χ3n) is 5.29. The second kappa shape index (κ2) is 9.73. The van der Waals surface area contributed by atoms with Gasteiger partial charge in [-0.15, -0.1) is 0 Å². The van der Waals surface area contributed by atoms with Gasteiger partial charge in [-0.25, -0.2) is 0 Å². The van der Waals surface area contributed by atoms with E-state index < -0.39 is 0 Å². The van der Waals surface area contributed by atoms with Crippen LogP contribution in [0.25, 0.3) is 0 Å². The van der Waals surface area contributed by atoms with Crippen LogP contribution >= 0.6 is 0 Å².